The van der Waals surface area contributed by atoms with E-state index in [2.05, 4.69) is 20.5 Å². The smallest absolute Gasteiger partial charge is 0.173 e. The van der Waals surface area contributed by atoms with Gasteiger partial charge >= 0.3 is 0 Å². The van der Waals surface area contributed by atoms with Crippen LogP contribution in [-0.4, -0.2) is 29.8 Å². The highest BCUT2D eigenvalue weighted by Crippen LogP contribution is 2.34. The van der Waals surface area contributed by atoms with Crippen molar-refractivity contribution in [1.29, 1.82) is 0 Å². The van der Waals surface area contributed by atoms with Crippen LogP contribution in [0.4, 0.5) is 4.39 Å². The molecule has 130 valence electrons. The molecule has 0 saturated heterocycles. The van der Waals surface area contributed by atoms with E-state index in [4.69, 9.17) is 0 Å². The van der Waals surface area contributed by atoms with Crippen molar-refractivity contribution in [3.05, 3.63) is 78.6 Å². The molecular formula is C18H15FN6S. The number of halogens is 1. The Morgan fingerprint density at radius 2 is 1.85 bits per heavy atom. The van der Waals surface area contributed by atoms with Crippen molar-refractivity contribution < 1.29 is 4.39 Å². The van der Waals surface area contributed by atoms with Crippen LogP contribution in [0.15, 0.2) is 72.1 Å². The van der Waals surface area contributed by atoms with Crippen molar-refractivity contribution >= 4 is 11.8 Å². The first-order valence-corrected chi connectivity index (χ1v) is 8.90. The number of nitrogens with zero attached hydrogens (tertiary/aromatic N) is 6. The molecule has 0 saturated carbocycles. The molecule has 0 spiro atoms. The fraction of sp³-hybridized carbons (Fsp3) is 0.111. The third-order valence-electron chi connectivity index (χ3n) is 3.83. The fourth-order valence-electron chi connectivity index (χ4n) is 2.61. The molecule has 0 amide bonds. The van der Waals surface area contributed by atoms with Gasteiger partial charge in [-0.15, -0.1) is 5.10 Å². The Morgan fingerprint density at radius 1 is 1.04 bits per heavy atom. The van der Waals surface area contributed by atoms with Crippen LogP contribution in [0.25, 0.3) is 11.4 Å². The van der Waals surface area contributed by atoms with Gasteiger partial charge in [-0.2, -0.15) is 4.68 Å². The fourth-order valence-corrected chi connectivity index (χ4v) is 3.58. The molecule has 1 unspecified atom stereocenters. The number of rotatable bonds is 5. The summed E-state index contributed by atoms with van der Waals surface area (Å²) in [5, 5.41) is 12.8. The molecule has 2 aromatic carbocycles. The molecule has 0 N–H and O–H groups in total. The van der Waals surface area contributed by atoms with Crippen molar-refractivity contribution in [1.82, 2.24) is 29.8 Å². The van der Waals surface area contributed by atoms with Gasteiger partial charge in [-0.25, -0.2) is 9.37 Å². The summed E-state index contributed by atoms with van der Waals surface area (Å²) in [5.41, 5.74) is 1.62. The zero-order chi connectivity index (χ0) is 17.9. The normalized spacial score (nSPS) is 12.2. The minimum absolute atomic E-state index is 0.0556. The Labute approximate surface area is 153 Å². The van der Waals surface area contributed by atoms with E-state index in [-0.39, 0.29) is 11.1 Å². The van der Waals surface area contributed by atoms with Crippen LogP contribution in [0.2, 0.25) is 0 Å². The van der Waals surface area contributed by atoms with Crippen LogP contribution in [0.5, 0.6) is 0 Å². The Bertz CT molecular complexity index is 1010. The van der Waals surface area contributed by atoms with Crippen molar-refractivity contribution in [3.8, 4) is 11.4 Å². The average Bonchev–Trinajstić information content (AvgIpc) is 3.32. The van der Waals surface area contributed by atoms with Crippen LogP contribution in [0.3, 0.4) is 0 Å². The minimum Gasteiger partial charge on any atom is -0.295 e. The highest BCUT2D eigenvalue weighted by atomic mass is 32.2. The van der Waals surface area contributed by atoms with Gasteiger partial charge in [0.25, 0.3) is 0 Å². The van der Waals surface area contributed by atoms with Crippen molar-refractivity contribution in [2.75, 3.05) is 0 Å². The van der Waals surface area contributed by atoms with E-state index in [0.29, 0.717) is 0 Å². The first-order chi connectivity index (χ1) is 12.7. The van der Waals surface area contributed by atoms with Gasteiger partial charge in [-0.3, -0.25) is 4.57 Å². The molecule has 0 bridgehead atoms. The van der Waals surface area contributed by atoms with E-state index in [1.807, 2.05) is 54.1 Å². The minimum atomic E-state index is -0.284. The molecule has 0 fully saturated rings. The van der Waals surface area contributed by atoms with Crippen LogP contribution >= 0.6 is 11.8 Å². The molecule has 26 heavy (non-hydrogen) atoms. The van der Waals surface area contributed by atoms with Gasteiger partial charge in [0.2, 0.25) is 0 Å². The van der Waals surface area contributed by atoms with Gasteiger partial charge in [0.05, 0.1) is 16.6 Å². The second-order valence-corrected chi connectivity index (χ2v) is 6.91. The predicted molar refractivity (Wildman–Crippen MR) is 96.9 cm³/mol. The van der Waals surface area contributed by atoms with Gasteiger partial charge < -0.3 is 0 Å². The number of aromatic nitrogens is 6. The summed E-state index contributed by atoms with van der Waals surface area (Å²) >= 11 is 1.51. The highest BCUT2D eigenvalue weighted by molar-refractivity contribution is 7.99. The maximum Gasteiger partial charge on any atom is 0.173 e. The molecule has 8 heteroatoms. The van der Waals surface area contributed by atoms with Crippen LogP contribution in [0.1, 0.15) is 18.0 Å². The van der Waals surface area contributed by atoms with E-state index >= 15 is 0 Å². The number of tetrazole rings is 1. The topological polar surface area (TPSA) is 61.4 Å². The molecule has 4 rings (SSSR count). The molecule has 1 atom stereocenters. The summed E-state index contributed by atoms with van der Waals surface area (Å²) in [6.07, 6.45) is 3.50. The van der Waals surface area contributed by atoms with Gasteiger partial charge in [-0.1, -0.05) is 36.0 Å². The second-order valence-electron chi connectivity index (χ2n) is 5.60. The lowest BCUT2D eigenvalue weighted by Gasteiger charge is -2.12. The first-order valence-electron chi connectivity index (χ1n) is 8.02. The Hall–Kier alpha value is -3.00. The van der Waals surface area contributed by atoms with E-state index < -0.39 is 0 Å². The Kier molecular flexibility index (Phi) is 4.49. The molecule has 6 nitrogen and oxygen atoms in total. The number of para-hydroxylation sites is 1. The maximum atomic E-state index is 13.5. The lowest BCUT2D eigenvalue weighted by atomic mass is 10.3. The SMILES string of the molecule is CC(Sc1nccn1-c1cccc(F)c1)c1nnnn1-c1ccccc1. The molecule has 2 aromatic heterocycles. The molecule has 0 aliphatic rings. The van der Waals surface area contributed by atoms with E-state index in [9.17, 15) is 4.39 Å². The van der Waals surface area contributed by atoms with Crippen molar-refractivity contribution in [2.45, 2.75) is 17.3 Å². The van der Waals surface area contributed by atoms with Gasteiger partial charge in [0, 0.05) is 12.4 Å². The Balaban J connectivity index is 1.62. The molecule has 2 heterocycles. The third-order valence-corrected chi connectivity index (χ3v) is 4.91. The van der Waals surface area contributed by atoms with Crippen LogP contribution in [-0.2, 0) is 0 Å². The summed E-state index contributed by atoms with van der Waals surface area (Å²) in [5.74, 6) is 0.434. The lowest BCUT2D eigenvalue weighted by Crippen LogP contribution is -2.06. The number of benzene rings is 2. The molecule has 0 radical (unpaired) electrons. The summed E-state index contributed by atoms with van der Waals surface area (Å²) in [7, 11) is 0. The summed E-state index contributed by atoms with van der Waals surface area (Å²) < 4.78 is 17.1. The van der Waals surface area contributed by atoms with Crippen molar-refractivity contribution in [3.63, 3.8) is 0 Å². The number of imidazole rings is 1. The van der Waals surface area contributed by atoms with Gasteiger partial charge in [0.15, 0.2) is 11.0 Å². The number of thioether (sulfide) groups is 1. The molecule has 4 aromatic rings. The predicted octanol–water partition coefficient (Wildman–Crippen LogP) is 3.84. The largest absolute Gasteiger partial charge is 0.295 e. The zero-order valence-electron chi connectivity index (χ0n) is 13.9. The van der Waals surface area contributed by atoms with Gasteiger partial charge in [-0.05, 0) is 47.7 Å². The Morgan fingerprint density at radius 3 is 2.65 bits per heavy atom. The number of hydrogen-bond donors (Lipinski definition) is 0. The van der Waals surface area contributed by atoms with Gasteiger partial charge in [0.1, 0.15) is 5.82 Å². The van der Waals surface area contributed by atoms with Crippen molar-refractivity contribution in [2.24, 2.45) is 0 Å². The monoisotopic (exact) mass is 366 g/mol. The molecule has 0 aliphatic carbocycles. The zero-order valence-corrected chi connectivity index (χ0v) is 14.7. The third kappa shape index (κ3) is 3.23. The van der Waals surface area contributed by atoms with E-state index in [1.165, 1.54) is 23.9 Å². The quantitative estimate of drug-likeness (QED) is 0.502. The van der Waals surface area contributed by atoms with E-state index in [0.717, 1.165) is 22.4 Å². The molecule has 0 aliphatic heterocycles. The molecular weight excluding hydrogens is 351 g/mol. The van der Waals surface area contributed by atoms with Crippen LogP contribution in [0, 0.1) is 5.82 Å². The maximum absolute atomic E-state index is 13.5. The second kappa shape index (κ2) is 7.09. The first kappa shape index (κ1) is 16.5. The number of hydrogen-bond acceptors (Lipinski definition) is 5. The summed E-state index contributed by atoms with van der Waals surface area (Å²) in [4.78, 5) is 4.40. The van der Waals surface area contributed by atoms with E-state index in [1.54, 1.807) is 16.9 Å². The summed E-state index contributed by atoms with van der Waals surface area (Å²) in [6.45, 7) is 2.01. The lowest BCUT2D eigenvalue weighted by molar-refractivity contribution is 0.626. The highest BCUT2D eigenvalue weighted by Gasteiger charge is 2.19. The average molecular weight is 366 g/mol. The summed E-state index contributed by atoms with van der Waals surface area (Å²) in [6, 6.07) is 16.1. The standard InChI is InChI=1S/C18H15FN6S/c1-13(17-21-22-23-25(17)15-7-3-2-4-8-15)26-18-20-10-11-24(18)16-9-5-6-14(19)12-16/h2-13H,1H3. The van der Waals surface area contributed by atoms with Crippen LogP contribution < -0.4 is 0 Å².